The highest BCUT2D eigenvalue weighted by atomic mass is 35.5. The minimum atomic E-state index is -0.440. The molecule has 1 heterocycles. The second-order valence-corrected chi connectivity index (χ2v) is 6.06. The summed E-state index contributed by atoms with van der Waals surface area (Å²) in [5.74, 6) is -1.43. The zero-order chi connectivity index (χ0) is 16.7. The van der Waals surface area contributed by atoms with E-state index in [-0.39, 0.29) is 33.9 Å². The number of fused-ring (bicyclic) bond motifs is 1. The van der Waals surface area contributed by atoms with Gasteiger partial charge in [0.05, 0.1) is 10.6 Å². The van der Waals surface area contributed by atoms with E-state index in [1.54, 1.807) is 6.07 Å². The van der Waals surface area contributed by atoms with Gasteiger partial charge in [-0.1, -0.05) is 11.6 Å². The van der Waals surface area contributed by atoms with E-state index in [4.69, 9.17) is 11.6 Å². The van der Waals surface area contributed by atoms with Gasteiger partial charge in [-0.15, -0.1) is 0 Å². The van der Waals surface area contributed by atoms with Crippen LogP contribution in [0.5, 0.6) is 11.5 Å². The highest BCUT2D eigenvalue weighted by Gasteiger charge is 2.31. The van der Waals surface area contributed by atoms with Crippen LogP contribution in [0.1, 0.15) is 29.3 Å². The van der Waals surface area contributed by atoms with Crippen molar-refractivity contribution in [3.8, 4) is 11.5 Å². The smallest absolute Gasteiger partial charge is 0.262 e. The molecule has 23 heavy (non-hydrogen) atoms. The fourth-order valence-electron chi connectivity index (χ4n) is 2.88. The predicted molar refractivity (Wildman–Crippen MR) is 85.8 cm³/mol. The molecule has 0 unspecified atom stereocenters. The second-order valence-electron chi connectivity index (χ2n) is 5.66. The lowest BCUT2D eigenvalue weighted by atomic mass is 9.95. The molecule has 4 nitrogen and oxygen atoms in total. The number of carbonyl (C=O) groups is 1. The molecule has 0 saturated carbocycles. The van der Waals surface area contributed by atoms with E-state index in [1.165, 1.54) is 23.1 Å². The molecule has 1 aliphatic heterocycles. The number of halogens is 2. The van der Waals surface area contributed by atoms with Crippen molar-refractivity contribution in [1.29, 1.82) is 0 Å². The van der Waals surface area contributed by atoms with E-state index >= 15 is 0 Å². The van der Waals surface area contributed by atoms with Gasteiger partial charge in [0.2, 0.25) is 0 Å². The standard InChI is InChI=1S/C17H15ClFNO3/c1-9-2-3-10-6-11(19)4-5-14(10)20(9)17(23)12-7-13(18)16(22)8-15(12)21/h4-9,21-22H,2-3H2,1H3/t9-/m0/s1. The Kier molecular flexibility index (Phi) is 3.90. The fourth-order valence-corrected chi connectivity index (χ4v) is 3.05. The van der Waals surface area contributed by atoms with E-state index in [1.807, 2.05) is 6.92 Å². The number of anilines is 1. The van der Waals surface area contributed by atoms with E-state index in [0.29, 0.717) is 18.5 Å². The van der Waals surface area contributed by atoms with Crippen LogP contribution < -0.4 is 4.90 Å². The first-order valence-corrected chi connectivity index (χ1v) is 7.59. The first-order valence-electron chi connectivity index (χ1n) is 7.22. The normalized spacial score (nSPS) is 17.0. The summed E-state index contributed by atoms with van der Waals surface area (Å²) >= 11 is 5.84. The Morgan fingerprint density at radius 1 is 1.26 bits per heavy atom. The maximum Gasteiger partial charge on any atom is 0.262 e. The van der Waals surface area contributed by atoms with E-state index < -0.39 is 5.91 Å². The molecule has 1 aliphatic rings. The van der Waals surface area contributed by atoms with Gasteiger partial charge >= 0.3 is 0 Å². The van der Waals surface area contributed by atoms with Crippen LogP contribution >= 0.6 is 11.6 Å². The number of hydrogen-bond donors (Lipinski definition) is 2. The Balaban J connectivity index is 2.08. The number of amides is 1. The molecule has 0 fully saturated rings. The van der Waals surface area contributed by atoms with Crippen molar-refractivity contribution in [2.45, 2.75) is 25.8 Å². The number of benzene rings is 2. The summed E-state index contributed by atoms with van der Waals surface area (Å²) in [4.78, 5) is 14.4. The molecule has 2 aromatic carbocycles. The number of aromatic hydroxyl groups is 2. The van der Waals surface area contributed by atoms with Gasteiger partial charge in [-0.05, 0) is 49.6 Å². The Bertz CT molecular complexity index is 794. The molecule has 0 saturated heterocycles. The molecular weight excluding hydrogens is 321 g/mol. The number of aryl methyl sites for hydroxylation is 1. The lowest BCUT2D eigenvalue weighted by molar-refractivity contribution is 0.0972. The van der Waals surface area contributed by atoms with E-state index in [9.17, 15) is 19.4 Å². The van der Waals surface area contributed by atoms with Crippen molar-refractivity contribution in [3.05, 3.63) is 52.3 Å². The zero-order valence-electron chi connectivity index (χ0n) is 12.4. The molecule has 0 aliphatic carbocycles. The van der Waals surface area contributed by atoms with E-state index in [2.05, 4.69) is 0 Å². The number of phenolic OH excluding ortho intramolecular Hbond substituents is 2. The summed E-state index contributed by atoms with van der Waals surface area (Å²) < 4.78 is 13.4. The first-order chi connectivity index (χ1) is 10.9. The van der Waals surface area contributed by atoms with Crippen molar-refractivity contribution in [3.63, 3.8) is 0 Å². The molecule has 6 heteroatoms. The molecule has 0 aromatic heterocycles. The zero-order valence-corrected chi connectivity index (χ0v) is 13.1. The molecule has 3 rings (SSSR count). The minimum absolute atomic E-state index is 0.00294. The molecule has 120 valence electrons. The molecule has 0 bridgehead atoms. The monoisotopic (exact) mass is 335 g/mol. The van der Waals surface area contributed by atoms with Gasteiger partial charge in [-0.2, -0.15) is 0 Å². The molecule has 0 radical (unpaired) electrons. The van der Waals surface area contributed by atoms with Crippen LogP contribution in [0.25, 0.3) is 0 Å². The number of phenols is 2. The van der Waals surface area contributed by atoms with Crippen LogP contribution in [-0.2, 0) is 6.42 Å². The van der Waals surface area contributed by atoms with Gasteiger partial charge in [-0.25, -0.2) is 4.39 Å². The van der Waals surface area contributed by atoms with Gasteiger partial charge in [0.1, 0.15) is 17.3 Å². The first kappa shape index (κ1) is 15.6. The van der Waals surface area contributed by atoms with Gasteiger partial charge < -0.3 is 15.1 Å². The van der Waals surface area contributed by atoms with Crippen molar-refractivity contribution < 1.29 is 19.4 Å². The number of nitrogens with zero attached hydrogens (tertiary/aromatic N) is 1. The quantitative estimate of drug-likeness (QED) is 0.831. The summed E-state index contributed by atoms with van der Waals surface area (Å²) in [6.45, 7) is 1.89. The largest absolute Gasteiger partial charge is 0.507 e. The van der Waals surface area contributed by atoms with Gasteiger partial charge in [-0.3, -0.25) is 4.79 Å². The maximum atomic E-state index is 13.4. The minimum Gasteiger partial charge on any atom is -0.507 e. The summed E-state index contributed by atoms with van der Waals surface area (Å²) in [5.41, 5.74) is 1.37. The molecule has 1 amide bonds. The van der Waals surface area contributed by atoms with E-state index in [0.717, 1.165) is 11.6 Å². The Morgan fingerprint density at radius 3 is 2.74 bits per heavy atom. The third-order valence-corrected chi connectivity index (χ3v) is 4.39. The Morgan fingerprint density at radius 2 is 2.00 bits per heavy atom. The highest BCUT2D eigenvalue weighted by molar-refractivity contribution is 6.32. The van der Waals surface area contributed by atoms with Crippen LogP contribution in [-0.4, -0.2) is 22.2 Å². The van der Waals surface area contributed by atoms with Crippen LogP contribution in [0.2, 0.25) is 5.02 Å². The number of rotatable bonds is 1. The van der Waals surface area contributed by atoms with Crippen LogP contribution in [0.15, 0.2) is 30.3 Å². The SMILES string of the molecule is C[C@H]1CCc2cc(F)ccc2N1C(=O)c1cc(Cl)c(O)cc1O. The Labute approximate surface area is 137 Å². The van der Waals surface area contributed by atoms with Gasteiger partial charge in [0.15, 0.2) is 0 Å². The summed E-state index contributed by atoms with van der Waals surface area (Å²) in [6, 6.07) is 6.46. The van der Waals surface area contributed by atoms with Gasteiger partial charge in [0.25, 0.3) is 5.91 Å². The van der Waals surface area contributed by atoms with Crippen molar-refractivity contribution >= 4 is 23.2 Å². The van der Waals surface area contributed by atoms with Gasteiger partial charge in [0, 0.05) is 17.8 Å². The number of carbonyl (C=O) groups excluding carboxylic acids is 1. The highest BCUT2D eigenvalue weighted by Crippen LogP contribution is 2.36. The molecule has 1 atom stereocenters. The molecule has 2 N–H and O–H groups in total. The molecular formula is C17H15ClFNO3. The third-order valence-electron chi connectivity index (χ3n) is 4.09. The van der Waals surface area contributed by atoms with Crippen molar-refractivity contribution in [1.82, 2.24) is 0 Å². The summed E-state index contributed by atoms with van der Waals surface area (Å²) in [6.07, 6.45) is 1.37. The predicted octanol–water partition coefficient (Wildman–Crippen LogP) is 3.87. The third kappa shape index (κ3) is 2.72. The molecule has 2 aromatic rings. The maximum absolute atomic E-state index is 13.4. The fraction of sp³-hybridized carbons (Fsp3) is 0.235. The lowest BCUT2D eigenvalue weighted by Gasteiger charge is -2.35. The topological polar surface area (TPSA) is 60.8 Å². The number of hydrogen-bond acceptors (Lipinski definition) is 3. The Hall–Kier alpha value is -2.27. The van der Waals surface area contributed by atoms with Crippen LogP contribution in [0.3, 0.4) is 0 Å². The van der Waals surface area contributed by atoms with Crippen LogP contribution in [0.4, 0.5) is 10.1 Å². The van der Waals surface area contributed by atoms with Crippen LogP contribution in [0, 0.1) is 5.82 Å². The van der Waals surface area contributed by atoms with Crippen molar-refractivity contribution in [2.75, 3.05) is 4.90 Å². The average molecular weight is 336 g/mol. The summed E-state index contributed by atoms with van der Waals surface area (Å²) in [7, 11) is 0. The lowest BCUT2D eigenvalue weighted by Crippen LogP contribution is -2.42. The van der Waals surface area contributed by atoms with Crippen molar-refractivity contribution in [2.24, 2.45) is 0 Å². The average Bonchev–Trinajstić information content (AvgIpc) is 2.50. The second kappa shape index (κ2) is 5.74. The molecule has 0 spiro atoms. The summed E-state index contributed by atoms with van der Waals surface area (Å²) in [5, 5.41) is 19.4.